The largest absolute Gasteiger partial charge is 0.492 e. The molecule has 0 amide bonds. The molecule has 0 heterocycles. The number of nitrogens with one attached hydrogen (secondary N) is 1. The molecule has 2 atom stereocenters. The topological polar surface area (TPSA) is 77.0 Å². The molecule has 2 aromatic rings. The zero-order valence-electron chi connectivity index (χ0n) is 17.8. The standard InChI is InChI=1S/C23H31NO5/c1-15-11-22(17(3)18(4)23(15)29-19(5)25)28-14-20(26)12-24-16(2)13-27-21-9-7-6-8-10-21/h6-11,16,20,24,26H,12-14H2,1-5H3/t16-,20+/m1/s1. The van der Waals surface area contributed by atoms with Gasteiger partial charge in [0.25, 0.3) is 0 Å². The number of aliphatic hydroxyl groups excluding tert-OH is 1. The first-order chi connectivity index (χ1) is 13.8. The highest BCUT2D eigenvalue weighted by atomic mass is 16.5. The minimum atomic E-state index is -0.665. The van der Waals surface area contributed by atoms with Crippen molar-refractivity contribution in [1.29, 1.82) is 0 Å². The molecule has 0 bridgehead atoms. The average Bonchev–Trinajstić information content (AvgIpc) is 2.70. The summed E-state index contributed by atoms with van der Waals surface area (Å²) in [5.41, 5.74) is 2.56. The van der Waals surface area contributed by atoms with Crippen molar-refractivity contribution in [3.05, 3.63) is 53.1 Å². The Labute approximate surface area is 172 Å². The van der Waals surface area contributed by atoms with E-state index in [1.165, 1.54) is 6.92 Å². The fourth-order valence-corrected chi connectivity index (χ4v) is 2.85. The Kier molecular flexibility index (Phi) is 8.49. The normalized spacial score (nSPS) is 12.9. The number of aryl methyl sites for hydroxylation is 1. The number of ether oxygens (including phenoxy) is 3. The molecule has 0 saturated heterocycles. The molecular weight excluding hydrogens is 370 g/mol. The van der Waals surface area contributed by atoms with E-state index in [9.17, 15) is 9.90 Å². The molecule has 29 heavy (non-hydrogen) atoms. The van der Waals surface area contributed by atoms with Gasteiger partial charge >= 0.3 is 5.97 Å². The van der Waals surface area contributed by atoms with E-state index in [-0.39, 0.29) is 18.6 Å². The van der Waals surface area contributed by atoms with Crippen molar-refractivity contribution < 1.29 is 24.1 Å². The van der Waals surface area contributed by atoms with Crippen LogP contribution in [0.3, 0.4) is 0 Å². The number of esters is 1. The smallest absolute Gasteiger partial charge is 0.308 e. The molecule has 0 spiro atoms. The zero-order valence-corrected chi connectivity index (χ0v) is 17.8. The summed E-state index contributed by atoms with van der Waals surface area (Å²) in [6.45, 7) is 10.1. The molecule has 2 aromatic carbocycles. The Morgan fingerprint density at radius 2 is 1.76 bits per heavy atom. The summed E-state index contributed by atoms with van der Waals surface area (Å²) in [6.07, 6.45) is -0.665. The van der Waals surface area contributed by atoms with Gasteiger partial charge in [-0.15, -0.1) is 0 Å². The second kappa shape index (κ2) is 10.8. The first-order valence-corrected chi connectivity index (χ1v) is 9.79. The number of rotatable bonds is 10. The van der Waals surface area contributed by atoms with Crippen molar-refractivity contribution in [3.8, 4) is 17.2 Å². The van der Waals surface area contributed by atoms with Crippen molar-refractivity contribution in [2.45, 2.75) is 46.8 Å². The summed E-state index contributed by atoms with van der Waals surface area (Å²) >= 11 is 0. The van der Waals surface area contributed by atoms with E-state index in [1.807, 2.05) is 64.1 Å². The summed E-state index contributed by atoms with van der Waals surface area (Å²) < 4.78 is 16.8. The van der Waals surface area contributed by atoms with E-state index < -0.39 is 6.10 Å². The lowest BCUT2D eigenvalue weighted by Gasteiger charge is -2.20. The van der Waals surface area contributed by atoms with E-state index >= 15 is 0 Å². The average molecular weight is 402 g/mol. The van der Waals surface area contributed by atoms with Crippen LogP contribution in [0.25, 0.3) is 0 Å². The molecule has 0 fully saturated rings. The summed E-state index contributed by atoms with van der Waals surface area (Å²) in [4.78, 5) is 11.3. The minimum Gasteiger partial charge on any atom is -0.492 e. The predicted molar refractivity (Wildman–Crippen MR) is 113 cm³/mol. The van der Waals surface area contributed by atoms with E-state index in [4.69, 9.17) is 14.2 Å². The highest BCUT2D eigenvalue weighted by molar-refractivity contribution is 5.71. The van der Waals surface area contributed by atoms with Crippen LogP contribution >= 0.6 is 0 Å². The maximum atomic E-state index is 11.3. The van der Waals surface area contributed by atoms with Crippen LogP contribution in [-0.2, 0) is 4.79 Å². The number of para-hydroxylation sites is 1. The number of benzene rings is 2. The van der Waals surface area contributed by atoms with Crippen LogP contribution < -0.4 is 19.5 Å². The number of carbonyl (C=O) groups excluding carboxylic acids is 1. The maximum absolute atomic E-state index is 11.3. The number of hydrogen-bond acceptors (Lipinski definition) is 6. The Morgan fingerprint density at radius 3 is 2.41 bits per heavy atom. The van der Waals surface area contributed by atoms with Crippen LogP contribution in [0.1, 0.15) is 30.5 Å². The molecule has 2 N–H and O–H groups in total. The van der Waals surface area contributed by atoms with Gasteiger partial charge in [-0.2, -0.15) is 0 Å². The molecule has 0 aliphatic rings. The molecule has 2 rings (SSSR count). The molecule has 0 aliphatic carbocycles. The van der Waals surface area contributed by atoms with E-state index in [0.717, 1.165) is 22.4 Å². The van der Waals surface area contributed by atoms with Crippen molar-refractivity contribution in [3.63, 3.8) is 0 Å². The Bertz CT molecular complexity index is 807. The van der Waals surface area contributed by atoms with Gasteiger partial charge in [0, 0.05) is 19.5 Å². The van der Waals surface area contributed by atoms with Gasteiger partial charge in [0.05, 0.1) is 0 Å². The van der Waals surface area contributed by atoms with Gasteiger partial charge in [0.2, 0.25) is 0 Å². The van der Waals surface area contributed by atoms with Gasteiger partial charge in [-0.25, -0.2) is 0 Å². The third-order valence-electron chi connectivity index (χ3n) is 4.60. The van der Waals surface area contributed by atoms with Gasteiger partial charge in [0.15, 0.2) is 0 Å². The van der Waals surface area contributed by atoms with Gasteiger partial charge in [-0.1, -0.05) is 18.2 Å². The molecule has 0 aliphatic heterocycles. The maximum Gasteiger partial charge on any atom is 0.308 e. The highest BCUT2D eigenvalue weighted by Gasteiger charge is 2.15. The van der Waals surface area contributed by atoms with Gasteiger partial charge < -0.3 is 24.6 Å². The number of carbonyl (C=O) groups is 1. The van der Waals surface area contributed by atoms with Crippen LogP contribution in [-0.4, -0.2) is 43.0 Å². The number of hydrogen-bond donors (Lipinski definition) is 2. The molecule has 0 radical (unpaired) electrons. The quantitative estimate of drug-likeness (QED) is 0.470. The van der Waals surface area contributed by atoms with Gasteiger partial charge in [-0.05, 0) is 62.6 Å². The van der Waals surface area contributed by atoms with Crippen molar-refractivity contribution in [1.82, 2.24) is 5.32 Å². The lowest BCUT2D eigenvalue weighted by molar-refractivity contribution is -0.131. The third-order valence-corrected chi connectivity index (χ3v) is 4.60. The molecule has 0 unspecified atom stereocenters. The first kappa shape index (κ1) is 22.7. The van der Waals surface area contributed by atoms with Gasteiger partial charge in [-0.3, -0.25) is 4.79 Å². The summed E-state index contributed by atoms with van der Waals surface area (Å²) in [6, 6.07) is 11.5. The summed E-state index contributed by atoms with van der Waals surface area (Å²) in [5.74, 6) is 1.71. The Balaban J connectivity index is 1.81. The fourth-order valence-electron chi connectivity index (χ4n) is 2.85. The number of aliphatic hydroxyl groups is 1. The lowest BCUT2D eigenvalue weighted by atomic mass is 10.0. The zero-order chi connectivity index (χ0) is 21.4. The van der Waals surface area contributed by atoms with Crippen LogP contribution in [0.15, 0.2) is 36.4 Å². The molecule has 6 heteroatoms. The third kappa shape index (κ3) is 7.07. The monoisotopic (exact) mass is 401 g/mol. The van der Waals surface area contributed by atoms with Crippen LogP contribution in [0.4, 0.5) is 0 Å². The predicted octanol–water partition coefficient (Wildman–Crippen LogP) is 3.33. The summed E-state index contributed by atoms with van der Waals surface area (Å²) in [7, 11) is 0. The molecule has 6 nitrogen and oxygen atoms in total. The van der Waals surface area contributed by atoms with Crippen LogP contribution in [0, 0.1) is 20.8 Å². The molecule has 0 aromatic heterocycles. The Hall–Kier alpha value is -2.57. The Morgan fingerprint density at radius 1 is 1.07 bits per heavy atom. The SMILES string of the molecule is CC(=O)Oc1c(C)cc(OC[C@@H](O)CN[C@H](C)COc2ccccc2)c(C)c1C. The van der Waals surface area contributed by atoms with E-state index in [1.54, 1.807) is 0 Å². The fraction of sp³-hybridized carbons (Fsp3) is 0.435. The van der Waals surface area contributed by atoms with Crippen molar-refractivity contribution >= 4 is 5.97 Å². The molecule has 158 valence electrons. The minimum absolute atomic E-state index is 0.0825. The summed E-state index contributed by atoms with van der Waals surface area (Å²) in [5, 5.41) is 13.5. The second-order valence-corrected chi connectivity index (χ2v) is 7.26. The van der Waals surface area contributed by atoms with E-state index in [0.29, 0.717) is 24.7 Å². The molecular formula is C23H31NO5. The second-order valence-electron chi connectivity index (χ2n) is 7.26. The lowest BCUT2D eigenvalue weighted by Crippen LogP contribution is -2.39. The van der Waals surface area contributed by atoms with Crippen LogP contribution in [0.5, 0.6) is 17.2 Å². The molecule has 0 saturated carbocycles. The van der Waals surface area contributed by atoms with Crippen molar-refractivity contribution in [2.75, 3.05) is 19.8 Å². The van der Waals surface area contributed by atoms with E-state index in [2.05, 4.69) is 5.32 Å². The first-order valence-electron chi connectivity index (χ1n) is 9.79. The van der Waals surface area contributed by atoms with Crippen molar-refractivity contribution in [2.24, 2.45) is 0 Å². The van der Waals surface area contributed by atoms with Gasteiger partial charge in [0.1, 0.15) is 36.6 Å². The highest BCUT2D eigenvalue weighted by Crippen LogP contribution is 2.33. The van der Waals surface area contributed by atoms with Crippen LogP contribution in [0.2, 0.25) is 0 Å².